The van der Waals surface area contributed by atoms with Crippen LogP contribution in [0.3, 0.4) is 0 Å². The molecule has 0 nitrogen and oxygen atoms in total. The van der Waals surface area contributed by atoms with Gasteiger partial charge < -0.3 is 0 Å². The van der Waals surface area contributed by atoms with Gasteiger partial charge in [-0.25, -0.2) is 22.0 Å². The molecule has 20 heavy (non-hydrogen) atoms. The molecular weight excluding hydrogens is 343 g/mol. The number of benzene rings is 2. The normalized spacial score (nSPS) is 12.6. The summed E-state index contributed by atoms with van der Waals surface area (Å²) in [5, 5.41) is 0. The van der Waals surface area contributed by atoms with Gasteiger partial charge in [-0.2, -0.15) is 0 Å². The number of alkyl halides is 1. The Morgan fingerprint density at radius 1 is 0.800 bits per heavy atom. The molecule has 0 saturated carbocycles. The second-order valence-corrected chi connectivity index (χ2v) is 5.20. The average molecular weight is 351 g/mol. The van der Waals surface area contributed by atoms with E-state index >= 15 is 0 Å². The van der Waals surface area contributed by atoms with Crippen molar-refractivity contribution in [1.29, 1.82) is 0 Å². The van der Waals surface area contributed by atoms with E-state index in [4.69, 9.17) is 0 Å². The quantitative estimate of drug-likeness (QED) is 0.398. The van der Waals surface area contributed by atoms with Crippen LogP contribution in [0.1, 0.15) is 21.5 Å². The van der Waals surface area contributed by atoms with Gasteiger partial charge in [0, 0.05) is 5.56 Å². The maximum Gasteiger partial charge on any atom is 0.194 e. The van der Waals surface area contributed by atoms with Crippen LogP contribution in [0.4, 0.5) is 22.0 Å². The molecule has 0 spiro atoms. The van der Waals surface area contributed by atoms with Crippen LogP contribution >= 0.6 is 15.9 Å². The second kappa shape index (κ2) is 5.52. The summed E-state index contributed by atoms with van der Waals surface area (Å²) >= 11 is 3.03. The maximum atomic E-state index is 13.8. The summed E-state index contributed by atoms with van der Waals surface area (Å²) in [4.78, 5) is -0.998. The van der Waals surface area contributed by atoms with E-state index in [2.05, 4.69) is 15.9 Å². The largest absolute Gasteiger partial charge is 0.207 e. The first kappa shape index (κ1) is 15.0. The highest BCUT2D eigenvalue weighted by atomic mass is 79.9. The SMILES string of the molecule is Cc1cc(F)c(C(Br)c2cc(F)c(F)c(F)c2)cc1F. The molecule has 0 aromatic heterocycles. The number of hydrogen-bond acceptors (Lipinski definition) is 0. The Morgan fingerprint density at radius 3 is 1.90 bits per heavy atom. The van der Waals surface area contributed by atoms with Gasteiger partial charge in [-0.05, 0) is 42.3 Å². The molecule has 2 aromatic rings. The van der Waals surface area contributed by atoms with E-state index in [1.54, 1.807) is 0 Å². The lowest BCUT2D eigenvalue weighted by atomic mass is 10.0. The van der Waals surface area contributed by atoms with Gasteiger partial charge in [0.2, 0.25) is 0 Å². The first-order valence-corrected chi connectivity index (χ1v) is 6.47. The minimum Gasteiger partial charge on any atom is -0.207 e. The molecule has 0 N–H and O–H groups in total. The van der Waals surface area contributed by atoms with E-state index in [1.165, 1.54) is 6.92 Å². The lowest BCUT2D eigenvalue weighted by molar-refractivity contribution is 0.445. The fourth-order valence-corrected chi connectivity index (χ4v) is 2.37. The summed E-state index contributed by atoms with van der Waals surface area (Å²) < 4.78 is 66.4. The van der Waals surface area contributed by atoms with Crippen LogP contribution in [0.5, 0.6) is 0 Å². The van der Waals surface area contributed by atoms with E-state index in [0.29, 0.717) is 0 Å². The summed E-state index contributed by atoms with van der Waals surface area (Å²) in [7, 11) is 0. The third-order valence-electron chi connectivity index (χ3n) is 2.85. The predicted octanol–water partition coefficient (Wildman–Crippen LogP) is 5.17. The molecule has 0 radical (unpaired) electrons. The standard InChI is InChI=1S/C14H8BrF5/c1-6-2-10(17)8(5-9(6)16)13(15)7-3-11(18)14(20)12(19)4-7/h2-5,13H,1H3. The third kappa shape index (κ3) is 2.70. The Morgan fingerprint density at radius 2 is 1.35 bits per heavy atom. The molecule has 106 valence electrons. The molecule has 0 bridgehead atoms. The molecule has 0 amide bonds. The average Bonchev–Trinajstić information content (AvgIpc) is 2.38. The van der Waals surface area contributed by atoms with E-state index in [1.807, 2.05) is 0 Å². The van der Waals surface area contributed by atoms with E-state index in [-0.39, 0.29) is 16.7 Å². The topological polar surface area (TPSA) is 0 Å². The highest BCUT2D eigenvalue weighted by molar-refractivity contribution is 9.09. The van der Waals surface area contributed by atoms with Crippen LogP contribution in [-0.4, -0.2) is 0 Å². The highest BCUT2D eigenvalue weighted by Crippen LogP contribution is 2.34. The van der Waals surface area contributed by atoms with E-state index in [9.17, 15) is 22.0 Å². The van der Waals surface area contributed by atoms with Gasteiger partial charge in [0.05, 0.1) is 4.83 Å². The minimum absolute atomic E-state index is 0.0523. The van der Waals surface area contributed by atoms with E-state index in [0.717, 1.165) is 24.3 Å². The Kier molecular flexibility index (Phi) is 4.13. The van der Waals surface area contributed by atoms with Crippen molar-refractivity contribution in [3.63, 3.8) is 0 Å². The second-order valence-electron chi connectivity index (χ2n) is 4.28. The Balaban J connectivity index is 2.51. The molecule has 0 aliphatic rings. The van der Waals surface area contributed by atoms with Crippen molar-refractivity contribution in [1.82, 2.24) is 0 Å². The maximum absolute atomic E-state index is 13.8. The summed E-state index contributed by atoms with van der Waals surface area (Å²) in [5.41, 5.74) is -0.0653. The van der Waals surface area contributed by atoms with E-state index < -0.39 is 33.9 Å². The van der Waals surface area contributed by atoms with Gasteiger partial charge in [0.15, 0.2) is 17.5 Å². The first-order valence-electron chi connectivity index (χ1n) is 5.55. The molecule has 0 aliphatic carbocycles. The smallest absolute Gasteiger partial charge is 0.194 e. The predicted molar refractivity (Wildman–Crippen MR) is 68.2 cm³/mol. The minimum atomic E-state index is -1.61. The summed E-state index contributed by atoms with van der Waals surface area (Å²) in [6, 6.07) is 3.38. The first-order chi connectivity index (χ1) is 9.31. The van der Waals surface area contributed by atoms with Crippen LogP contribution in [0.25, 0.3) is 0 Å². The fourth-order valence-electron chi connectivity index (χ4n) is 1.76. The van der Waals surface area contributed by atoms with Gasteiger partial charge in [-0.15, -0.1) is 0 Å². The summed E-state index contributed by atoms with van der Waals surface area (Å²) in [6.45, 7) is 1.39. The number of hydrogen-bond donors (Lipinski definition) is 0. The van der Waals surface area contributed by atoms with Crippen molar-refractivity contribution in [3.05, 3.63) is 70.0 Å². The molecule has 0 fully saturated rings. The zero-order chi connectivity index (χ0) is 15.0. The van der Waals surface area contributed by atoms with Crippen molar-refractivity contribution < 1.29 is 22.0 Å². The van der Waals surface area contributed by atoms with Crippen LogP contribution in [0.2, 0.25) is 0 Å². The van der Waals surface area contributed by atoms with Gasteiger partial charge in [0.25, 0.3) is 0 Å². The van der Waals surface area contributed by atoms with Crippen molar-refractivity contribution in [3.8, 4) is 0 Å². The highest BCUT2D eigenvalue weighted by Gasteiger charge is 2.20. The van der Waals surface area contributed by atoms with Crippen LogP contribution in [0, 0.1) is 36.0 Å². The van der Waals surface area contributed by atoms with Gasteiger partial charge >= 0.3 is 0 Å². The molecule has 6 heteroatoms. The van der Waals surface area contributed by atoms with Crippen molar-refractivity contribution >= 4 is 15.9 Å². The van der Waals surface area contributed by atoms with Crippen LogP contribution < -0.4 is 0 Å². The lowest BCUT2D eigenvalue weighted by Gasteiger charge is -2.13. The zero-order valence-corrected chi connectivity index (χ0v) is 11.7. The van der Waals surface area contributed by atoms with Crippen molar-refractivity contribution in [2.75, 3.05) is 0 Å². The Bertz CT molecular complexity index is 646. The monoisotopic (exact) mass is 350 g/mol. The molecule has 1 atom stereocenters. The number of rotatable bonds is 2. The molecule has 0 aliphatic heterocycles. The van der Waals surface area contributed by atoms with Gasteiger partial charge in [-0.3, -0.25) is 0 Å². The fraction of sp³-hybridized carbons (Fsp3) is 0.143. The molecule has 0 heterocycles. The Hall–Kier alpha value is -1.43. The van der Waals surface area contributed by atoms with Gasteiger partial charge in [0.1, 0.15) is 11.6 Å². The lowest BCUT2D eigenvalue weighted by Crippen LogP contribution is -2.02. The molecule has 1 unspecified atom stereocenters. The summed E-state index contributed by atoms with van der Waals surface area (Å²) in [5.74, 6) is -5.76. The van der Waals surface area contributed by atoms with Gasteiger partial charge in [-0.1, -0.05) is 15.9 Å². The molecule has 0 saturated heterocycles. The molecule has 2 rings (SSSR count). The molecular formula is C14H8BrF5. The zero-order valence-electron chi connectivity index (χ0n) is 10.2. The number of halogens is 6. The molecule has 2 aromatic carbocycles. The van der Waals surface area contributed by atoms with Crippen LogP contribution in [0.15, 0.2) is 24.3 Å². The van der Waals surface area contributed by atoms with Crippen molar-refractivity contribution in [2.24, 2.45) is 0 Å². The summed E-state index contributed by atoms with van der Waals surface area (Å²) in [6.07, 6.45) is 0. The van der Waals surface area contributed by atoms with Crippen LogP contribution in [-0.2, 0) is 0 Å². The van der Waals surface area contributed by atoms with Crippen molar-refractivity contribution in [2.45, 2.75) is 11.8 Å². The number of aryl methyl sites for hydroxylation is 1. The Labute approximate surface area is 120 Å². The third-order valence-corrected chi connectivity index (χ3v) is 3.87.